The van der Waals surface area contributed by atoms with Crippen LogP contribution < -0.4 is 4.74 Å². The van der Waals surface area contributed by atoms with E-state index in [0.717, 1.165) is 5.75 Å². The number of ether oxygens (including phenoxy) is 2. The van der Waals surface area contributed by atoms with Crippen molar-refractivity contribution < 1.29 is 19.1 Å². The molecule has 1 aromatic rings. The third-order valence-electron chi connectivity index (χ3n) is 3.52. The number of Topliss-reactive ketones (excluding diaryl/α,β-unsaturated/α-hetero) is 1. The topological polar surface area (TPSA) is 52.6 Å². The van der Waals surface area contributed by atoms with Gasteiger partial charge in [-0.1, -0.05) is 6.08 Å². The Morgan fingerprint density at radius 2 is 1.77 bits per heavy atom. The Labute approximate surface area is 131 Å². The lowest BCUT2D eigenvalue weighted by molar-refractivity contribution is -0.150. The molecule has 1 atom stereocenters. The molecule has 4 nitrogen and oxygen atoms in total. The highest BCUT2D eigenvalue weighted by Gasteiger charge is 2.30. The molecule has 1 aliphatic carbocycles. The normalized spacial score (nSPS) is 17.8. The van der Waals surface area contributed by atoms with E-state index in [4.69, 9.17) is 9.47 Å². The first-order valence-corrected chi connectivity index (χ1v) is 7.41. The van der Waals surface area contributed by atoms with E-state index in [1.807, 2.05) is 26.8 Å². The number of hydrogen-bond donors (Lipinski definition) is 0. The van der Waals surface area contributed by atoms with E-state index in [0.29, 0.717) is 24.0 Å². The zero-order valence-electron chi connectivity index (χ0n) is 13.5. The van der Waals surface area contributed by atoms with Crippen LogP contribution in [0.3, 0.4) is 0 Å². The molecule has 4 heteroatoms. The van der Waals surface area contributed by atoms with Gasteiger partial charge < -0.3 is 9.47 Å². The molecule has 2 rings (SSSR count). The fourth-order valence-corrected chi connectivity index (χ4v) is 2.42. The van der Waals surface area contributed by atoms with Gasteiger partial charge in [0.25, 0.3) is 0 Å². The van der Waals surface area contributed by atoms with E-state index in [1.54, 1.807) is 31.4 Å². The van der Waals surface area contributed by atoms with Crippen LogP contribution in [0.15, 0.2) is 35.9 Å². The number of benzene rings is 1. The Bertz CT molecular complexity index is 591. The van der Waals surface area contributed by atoms with Gasteiger partial charge in [-0.25, -0.2) is 4.79 Å². The standard InChI is InChI=1S/C18H22O4/c1-18(2,3)22-17(20)14-6-5-13(11-14)16(19)12-7-9-15(21-4)10-8-12/h6-10,13H,5,11H2,1-4H3. The molecule has 0 N–H and O–H groups in total. The lowest BCUT2D eigenvalue weighted by Crippen LogP contribution is -2.25. The molecule has 0 amide bonds. The SMILES string of the molecule is COc1ccc(C(=O)C2CC=C(C(=O)OC(C)(C)C)C2)cc1. The lowest BCUT2D eigenvalue weighted by Gasteiger charge is -2.20. The van der Waals surface area contributed by atoms with Crippen LogP contribution >= 0.6 is 0 Å². The molecule has 0 heterocycles. The first-order valence-electron chi connectivity index (χ1n) is 7.41. The zero-order chi connectivity index (χ0) is 16.3. The van der Waals surface area contributed by atoms with Gasteiger partial charge in [0, 0.05) is 17.1 Å². The van der Waals surface area contributed by atoms with Crippen LogP contribution in [0.5, 0.6) is 5.75 Å². The Balaban J connectivity index is 1.99. The molecule has 0 aromatic heterocycles. The fourth-order valence-electron chi connectivity index (χ4n) is 2.42. The summed E-state index contributed by atoms with van der Waals surface area (Å²) in [5, 5.41) is 0. The van der Waals surface area contributed by atoms with Gasteiger partial charge in [-0.15, -0.1) is 0 Å². The van der Waals surface area contributed by atoms with E-state index >= 15 is 0 Å². The molecule has 1 aromatic carbocycles. The number of allylic oxidation sites excluding steroid dienone is 1. The summed E-state index contributed by atoms with van der Waals surface area (Å²) in [7, 11) is 1.59. The number of carbonyl (C=O) groups excluding carboxylic acids is 2. The van der Waals surface area contributed by atoms with Crippen molar-refractivity contribution in [2.75, 3.05) is 7.11 Å². The van der Waals surface area contributed by atoms with Gasteiger partial charge in [0.05, 0.1) is 7.11 Å². The second-order valence-corrected chi connectivity index (χ2v) is 6.46. The second-order valence-electron chi connectivity index (χ2n) is 6.46. The lowest BCUT2D eigenvalue weighted by atomic mass is 9.94. The first kappa shape index (κ1) is 16.3. The number of rotatable bonds is 4. The summed E-state index contributed by atoms with van der Waals surface area (Å²) in [4.78, 5) is 24.5. The molecule has 0 fully saturated rings. The summed E-state index contributed by atoms with van der Waals surface area (Å²) in [5.41, 5.74) is 0.724. The predicted molar refractivity (Wildman–Crippen MR) is 84.0 cm³/mol. The smallest absolute Gasteiger partial charge is 0.334 e. The maximum absolute atomic E-state index is 12.5. The minimum atomic E-state index is -0.518. The monoisotopic (exact) mass is 302 g/mol. The average Bonchev–Trinajstić information content (AvgIpc) is 2.95. The van der Waals surface area contributed by atoms with E-state index in [-0.39, 0.29) is 17.7 Å². The molecule has 0 radical (unpaired) electrons. The molecular weight excluding hydrogens is 280 g/mol. The second kappa shape index (κ2) is 6.34. The molecule has 0 bridgehead atoms. The number of ketones is 1. The van der Waals surface area contributed by atoms with Crippen LogP contribution in [-0.4, -0.2) is 24.5 Å². The molecule has 0 saturated heterocycles. The van der Waals surface area contributed by atoms with Crippen LogP contribution in [0.25, 0.3) is 0 Å². The number of carbonyl (C=O) groups is 2. The summed E-state index contributed by atoms with van der Waals surface area (Å²) < 4.78 is 10.4. The maximum Gasteiger partial charge on any atom is 0.334 e. The van der Waals surface area contributed by atoms with E-state index in [9.17, 15) is 9.59 Å². The number of methoxy groups -OCH3 is 1. The van der Waals surface area contributed by atoms with Gasteiger partial charge in [0.2, 0.25) is 0 Å². The molecular formula is C18H22O4. The Hall–Kier alpha value is -2.10. The van der Waals surface area contributed by atoms with Gasteiger partial charge in [0.15, 0.2) is 5.78 Å². The van der Waals surface area contributed by atoms with E-state index in [2.05, 4.69) is 0 Å². The molecule has 118 valence electrons. The van der Waals surface area contributed by atoms with Gasteiger partial charge in [-0.05, 0) is 57.9 Å². The number of hydrogen-bond acceptors (Lipinski definition) is 4. The number of esters is 1. The third-order valence-corrected chi connectivity index (χ3v) is 3.52. The van der Waals surface area contributed by atoms with Crippen molar-refractivity contribution in [3.63, 3.8) is 0 Å². The van der Waals surface area contributed by atoms with Crippen molar-refractivity contribution in [3.05, 3.63) is 41.5 Å². The predicted octanol–water partition coefficient (Wildman–Crippen LogP) is 3.56. The molecule has 22 heavy (non-hydrogen) atoms. The quantitative estimate of drug-likeness (QED) is 0.630. The van der Waals surface area contributed by atoms with Crippen LogP contribution in [-0.2, 0) is 9.53 Å². The van der Waals surface area contributed by atoms with Crippen LogP contribution in [0.1, 0.15) is 44.0 Å². The highest BCUT2D eigenvalue weighted by atomic mass is 16.6. The van der Waals surface area contributed by atoms with Gasteiger partial charge in [0.1, 0.15) is 11.4 Å². The summed E-state index contributed by atoms with van der Waals surface area (Å²) in [6.07, 6.45) is 2.85. The van der Waals surface area contributed by atoms with Crippen molar-refractivity contribution in [1.82, 2.24) is 0 Å². The molecule has 1 aliphatic rings. The Morgan fingerprint density at radius 3 is 2.32 bits per heavy atom. The summed E-state index contributed by atoms with van der Waals surface area (Å²) in [6.45, 7) is 5.50. The van der Waals surface area contributed by atoms with Gasteiger partial charge >= 0.3 is 5.97 Å². The Kier molecular flexibility index (Phi) is 4.69. The van der Waals surface area contributed by atoms with E-state index in [1.165, 1.54) is 0 Å². The maximum atomic E-state index is 12.5. The summed E-state index contributed by atoms with van der Waals surface area (Å²) in [6, 6.07) is 7.05. The van der Waals surface area contributed by atoms with Gasteiger partial charge in [-0.3, -0.25) is 4.79 Å². The minimum Gasteiger partial charge on any atom is -0.497 e. The molecule has 1 unspecified atom stereocenters. The van der Waals surface area contributed by atoms with Crippen molar-refractivity contribution in [1.29, 1.82) is 0 Å². The highest BCUT2D eigenvalue weighted by Crippen LogP contribution is 2.30. The van der Waals surface area contributed by atoms with E-state index < -0.39 is 5.60 Å². The van der Waals surface area contributed by atoms with Crippen molar-refractivity contribution in [2.24, 2.45) is 5.92 Å². The van der Waals surface area contributed by atoms with Crippen molar-refractivity contribution in [3.8, 4) is 5.75 Å². The average molecular weight is 302 g/mol. The highest BCUT2D eigenvalue weighted by molar-refractivity contribution is 6.00. The minimum absolute atomic E-state index is 0.0532. The zero-order valence-corrected chi connectivity index (χ0v) is 13.5. The van der Waals surface area contributed by atoms with Gasteiger partial charge in [-0.2, -0.15) is 0 Å². The van der Waals surface area contributed by atoms with Crippen LogP contribution in [0, 0.1) is 5.92 Å². The fraction of sp³-hybridized carbons (Fsp3) is 0.444. The van der Waals surface area contributed by atoms with Crippen LogP contribution in [0.2, 0.25) is 0 Å². The molecule has 0 saturated carbocycles. The third kappa shape index (κ3) is 3.97. The molecule has 0 aliphatic heterocycles. The summed E-state index contributed by atoms with van der Waals surface area (Å²) >= 11 is 0. The van der Waals surface area contributed by atoms with Crippen LogP contribution in [0.4, 0.5) is 0 Å². The summed E-state index contributed by atoms with van der Waals surface area (Å²) in [5.74, 6) is 0.265. The van der Waals surface area contributed by atoms with Crippen molar-refractivity contribution in [2.45, 2.75) is 39.2 Å². The Morgan fingerprint density at radius 1 is 1.14 bits per heavy atom. The first-order chi connectivity index (χ1) is 10.3. The van der Waals surface area contributed by atoms with Crippen molar-refractivity contribution >= 4 is 11.8 Å². The molecule has 0 spiro atoms. The largest absolute Gasteiger partial charge is 0.497 e.